The number of ether oxygens (including phenoxy) is 1. The summed E-state index contributed by atoms with van der Waals surface area (Å²) in [5.41, 5.74) is 3.64. The highest BCUT2D eigenvalue weighted by molar-refractivity contribution is 5.94. The average Bonchev–Trinajstić information content (AvgIpc) is 3.09. The van der Waals surface area contributed by atoms with E-state index in [2.05, 4.69) is 15.3 Å². The Bertz CT molecular complexity index is 854. The molecule has 2 amide bonds. The van der Waals surface area contributed by atoms with Gasteiger partial charge in [-0.1, -0.05) is 0 Å². The van der Waals surface area contributed by atoms with E-state index >= 15 is 0 Å². The Morgan fingerprint density at radius 1 is 1.10 bits per heavy atom. The summed E-state index contributed by atoms with van der Waals surface area (Å²) in [5, 5.41) is 7.38. The van der Waals surface area contributed by atoms with E-state index in [1.54, 1.807) is 7.11 Å². The number of hydrogen-bond acceptors (Lipinski definition) is 5. The van der Waals surface area contributed by atoms with Gasteiger partial charge in [-0.05, 0) is 50.6 Å². The lowest BCUT2D eigenvalue weighted by molar-refractivity contribution is -0.122. The first-order valence-electron chi connectivity index (χ1n) is 10.4. The lowest BCUT2D eigenvalue weighted by atomic mass is 10.1. The predicted molar refractivity (Wildman–Crippen MR) is 115 cm³/mol. The van der Waals surface area contributed by atoms with Gasteiger partial charge in [0.05, 0.1) is 17.9 Å². The summed E-state index contributed by atoms with van der Waals surface area (Å²) in [4.78, 5) is 28.8. The third-order valence-corrected chi connectivity index (χ3v) is 5.24. The van der Waals surface area contributed by atoms with Crippen LogP contribution in [-0.2, 0) is 9.53 Å². The lowest BCUT2D eigenvalue weighted by Crippen LogP contribution is -2.51. The van der Waals surface area contributed by atoms with E-state index in [1.165, 1.54) is 0 Å². The topological polar surface area (TPSA) is 79.7 Å². The third-order valence-electron chi connectivity index (χ3n) is 5.24. The fraction of sp³-hybridized carbons (Fsp3) is 0.500. The van der Waals surface area contributed by atoms with Crippen molar-refractivity contribution in [1.29, 1.82) is 0 Å². The molecule has 0 radical (unpaired) electrons. The van der Waals surface area contributed by atoms with Gasteiger partial charge in [-0.2, -0.15) is 5.10 Å². The minimum Gasteiger partial charge on any atom is -0.385 e. The molecule has 2 heterocycles. The Balaban J connectivity index is 1.48. The van der Waals surface area contributed by atoms with Crippen molar-refractivity contribution in [1.82, 2.24) is 24.9 Å². The standard InChI is InChI=1S/C22H31N5O3/c1-17-15-18(2)27(24-17)20-7-5-19(6-8-20)22(29)26-12-10-25(11-13-26)16-21(28)23-9-4-14-30-3/h5-8,15H,4,9-14,16H2,1-3H3,(H,23,28). The number of methoxy groups -OCH3 is 1. The fourth-order valence-electron chi connectivity index (χ4n) is 3.63. The van der Waals surface area contributed by atoms with Crippen molar-refractivity contribution in [3.8, 4) is 5.69 Å². The fourth-order valence-corrected chi connectivity index (χ4v) is 3.63. The number of aromatic nitrogens is 2. The van der Waals surface area contributed by atoms with Gasteiger partial charge in [0.15, 0.2) is 0 Å². The molecule has 1 N–H and O–H groups in total. The molecule has 0 spiro atoms. The van der Waals surface area contributed by atoms with Crippen LogP contribution in [0.15, 0.2) is 30.3 Å². The molecule has 8 heteroatoms. The monoisotopic (exact) mass is 413 g/mol. The number of nitrogens with zero attached hydrogens (tertiary/aromatic N) is 4. The molecule has 1 saturated heterocycles. The van der Waals surface area contributed by atoms with Crippen molar-refractivity contribution in [2.45, 2.75) is 20.3 Å². The van der Waals surface area contributed by atoms with Crippen LogP contribution in [0.4, 0.5) is 0 Å². The number of amides is 2. The molecule has 0 saturated carbocycles. The van der Waals surface area contributed by atoms with E-state index < -0.39 is 0 Å². The molecule has 0 atom stereocenters. The quantitative estimate of drug-likeness (QED) is 0.662. The van der Waals surface area contributed by atoms with Crippen LogP contribution in [0.25, 0.3) is 5.69 Å². The number of hydrogen-bond donors (Lipinski definition) is 1. The van der Waals surface area contributed by atoms with E-state index in [0.717, 1.165) is 23.5 Å². The predicted octanol–water partition coefficient (Wildman–Crippen LogP) is 1.40. The molecule has 1 aliphatic rings. The summed E-state index contributed by atoms with van der Waals surface area (Å²) in [6.45, 7) is 8.24. The highest BCUT2D eigenvalue weighted by atomic mass is 16.5. The zero-order chi connectivity index (χ0) is 21.5. The van der Waals surface area contributed by atoms with E-state index in [0.29, 0.717) is 51.4 Å². The molecule has 0 aliphatic carbocycles. The first-order valence-corrected chi connectivity index (χ1v) is 10.4. The van der Waals surface area contributed by atoms with Crippen molar-refractivity contribution in [2.24, 2.45) is 0 Å². The number of rotatable bonds is 8. The molecule has 30 heavy (non-hydrogen) atoms. The second kappa shape index (κ2) is 10.4. The maximum Gasteiger partial charge on any atom is 0.253 e. The number of aryl methyl sites for hydroxylation is 2. The molecule has 1 aromatic carbocycles. The molecule has 3 rings (SSSR count). The van der Waals surface area contributed by atoms with Crippen LogP contribution in [0.1, 0.15) is 28.2 Å². The molecular formula is C22H31N5O3. The number of carbonyl (C=O) groups excluding carboxylic acids is 2. The zero-order valence-corrected chi connectivity index (χ0v) is 18.1. The minimum absolute atomic E-state index is 0.0191. The summed E-state index contributed by atoms with van der Waals surface area (Å²) >= 11 is 0. The summed E-state index contributed by atoms with van der Waals surface area (Å²) in [5.74, 6) is 0.0456. The normalized spacial score (nSPS) is 14.7. The number of nitrogens with one attached hydrogen (secondary N) is 1. The molecule has 1 fully saturated rings. The summed E-state index contributed by atoms with van der Waals surface area (Å²) < 4.78 is 6.85. The summed E-state index contributed by atoms with van der Waals surface area (Å²) in [6.07, 6.45) is 0.808. The maximum atomic E-state index is 12.8. The van der Waals surface area contributed by atoms with Crippen molar-refractivity contribution in [2.75, 3.05) is 53.0 Å². The van der Waals surface area contributed by atoms with Gasteiger partial charge in [-0.15, -0.1) is 0 Å². The second-order valence-corrected chi connectivity index (χ2v) is 7.65. The van der Waals surface area contributed by atoms with Crippen LogP contribution in [0, 0.1) is 13.8 Å². The first-order chi connectivity index (χ1) is 14.5. The summed E-state index contributed by atoms with van der Waals surface area (Å²) in [6, 6.07) is 9.59. The van der Waals surface area contributed by atoms with Crippen molar-refractivity contribution < 1.29 is 14.3 Å². The van der Waals surface area contributed by atoms with E-state index in [-0.39, 0.29) is 11.8 Å². The molecule has 1 aliphatic heterocycles. The number of carbonyl (C=O) groups is 2. The van der Waals surface area contributed by atoms with Gasteiger partial charge in [-0.3, -0.25) is 14.5 Å². The Hall–Kier alpha value is -2.71. The zero-order valence-electron chi connectivity index (χ0n) is 18.1. The highest BCUT2D eigenvalue weighted by Gasteiger charge is 2.23. The largest absolute Gasteiger partial charge is 0.385 e. The Morgan fingerprint density at radius 3 is 2.40 bits per heavy atom. The molecule has 8 nitrogen and oxygen atoms in total. The Kier molecular flexibility index (Phi) is 7.59. The smallest absolute Gasteiger partial charge is 0.253 e. The van der Waals surface area contributed by atoms with E-state index in [1.807, 2.05) is 53.8 Å². The maximum absolute atomic E-state index is 12.8. The minimum atomic E-state index is 0.0191. The van der Waals surface area contributed by atoms with Gasteiger partial charge in [-0.25, -0.2) is 4.68 Å². The van der Waals surface area contributed by atoms with Crippen LogP contribution in [0.3, 0.4) is 0 Å². The first kappa shape index (κ1) is 22.0. The van der Waals surface area contributed by atoms with Gasteiger partial charge in [0.25, 0.3) is 5.91 Å². The van der Waals surface area contributed by atoms with Crippen LogP contribution in [0.5, 0.6) is 0 Å². The number of benzene rings is 1. The second-order valence-electron chi connectivity index (χ2n) is 7.65. The SMILES string of the molecule is COCCCNC(=O)CN1CCN(C(=O)c2ccc(-n3nc(C)cc3C)cc2)CC1. The number of piperazine rings is 1. The molecule has 0 bridgehead atoms. The molecule has 1 aromatic heterocycles. The van der Waals surface area contributed by atoms with Crippen molar-refractivity contribution >= 4 is 11.8 Å². The highest BCUT2D eigenvalue weighted by Crippen LogP contribution is 2.15. The van der Waals surface area contributed by atoms with Crippen LogP contribution in [0.2, 0.25) is 0 Å². The van der Waals surface area contributed by atoms with Gasteiger partial charge < -0.3 is 15.0 Å². The molecule has 162 valence electrons. The van der Waals surface area contributed by atoms with Gasteiger partial charge in [0.1, 0.15) is 0 Å². The third kappa shape index (κ3) is 5.67. The average molecular weight is 414 g/mol. The van der Waals surface area contributed by atoms with Gasteiger partial charge >= 0.3 is 0 Å². The van der Waals surface area contributed by atoms with Crippen LogP contribution >= 0.6 is 0 Å². The van der Waals surface area contributed by atoms with Crippen LogP contribution < -0.4 is 5.32 Å². The molecular weight excluding hydrogens is 382 g/mol. The van der Waals surface area contributed by atoms with E-state index in [9.17, 15) is 9.59 Å². The Morgan fingerprint density at radius 2 is 1.80 bits per heavy atom. The molecule has 2 aromatic rings. The van der Waals surface area contributed by atoms with E-state index in [4.69, 9.17) is 4.74 Å². The lowest BCUT2D eigenvalue weighted by Gasteiger charge is -2.34. The van der Waals surface area contributed by atoms with Crippen LogP contribution in [-0.4, -0.2) is 84.4 Å². The van der Waals surface area contributed by atoms with Gasteiger partial charge in [0, 0.05) is 57.7 Å². The van der Waals surface area contributed by atoms with Gasteiger partial charge in [0.2, 0.25) is 5.91 Å². The molecule has 0 unspecified atom stereocenters. The summed E-state index contributed by atoms with van der Waals surface area (Å²) in [7, 11) is 1.65. The van der Waals surface area contributed by atoms with Crippen molar-refractivity contribution in [3.63, 3.8) is 0 Å². The van der Waals surface area contributed by atoms with Crippen molar-refractivity contribution in [3.05, 3.63) is 47.3 Å². The Labute approximate surface area is 177 Å².